The Morgan fingerprint density at radius 2 is 2.27 bits per heavy atom. The normalized spacial score (nSPS) is 33.0. The number of rotatable bonds is 6. The second-order valence-corrected chi connectivity index (χ2v) is 8.02. The molecule has 1 amide bonds. The van der Waals surface area contributed by atoms with Crippen LogP contribution in [0.1, 0.15) is 23.2 Å². The van der Waals surface area contributed by atoms with Gasteiger partial charge < -0.3 is 20.3 Å². The Hall–Kier alpha value is -1.25. The topological polar surface area (TPSA) is 94.9 Å². The number of carbonyl (C=O) groups excluding carboxylic acids is 1. The number of halogens is 1. The van der Waals surface area contributed by atoms with Gasteiger partial charge in [0.1, 0.15) is 0 Å². The van der Waals surface area contributed by atoms with Crippen molar-refractivity contribution in [2.24, 2.45) is 11.8 Å². The number of ether oxygens (including phenoxy) is 1. The van der Waals surface area contributed by atoms with Crippen LogP contribution < -0.4 is 5.32 Å². The van der Waals surface area contributed by atoms with Crippen LogP contribution in [0.15, 0.2) is 18.5 Å². The summed E-state index contributed by atoms with van der Waals surface area (Å²) in [4.78, 5) is 18.5. The average molecular weight is 382 g/mol. The van der Waals surface area contributed by atoms with Gasteiger partial charge >= 0.3 is 0 Å². The second kappa shape index (κ2) is 7.05. The summed E-state index contributed by atoms with van der Waals surface area (Å²) in [6.07, 6.45) is 5.17. The molecule has 3 fully saturated rings. The van der Waals surface area contributed by atoms with Crippen molar-refractivity contribution in [1.82, 2.24) is 15.2 Å². The number of pyridine rings is 1. The number of nitrogens with one attached hydrogen (secondary N) is 1. The van der Waals surface area contributed by atoms with Crippen LogP contribution >= 0.6 is 11.6 Å². The molecule has 2 bridgehead atoms. The smallest absolute Gasteiger partial charge is 0.252 e. The third-order valence-electron chi connectivity index (χ3n) is 6.21. The van der Waals surface area contributed by atoms with Crippen molar-refractivity contribution in [2.45, 2.75) is 30.6 Å². The van der Waals surface area contributed by atoms with Gasteiger partial charge in [-0.1, -0.05) is 11.6 Å². The van der Waals surface area contributed by atoms with Gasteiger partial charge in [-0.2, -0.15) is 0 Å². The first-order chi connectivity index (χ1) is 12.6. The molecule has 4 heterocycles. The average Bonchev–Trinajstić information content (AvgIpc) is 3.29. The molecule has 0 aromatic carbocycles. The molecule has 0 saturated carbocycles. The summed E-state index contributed by atoms with van der Waals surface area (Å²) in [6.45, 7) is 1.93. The molecule has 7 nitrogen and oxygen atoms in total. The molecule has 3 N–H and O–H groups in total. The van der Waals surface area contributed by atoms with Crippen molar-refractivity contribution in [2.75, 3.05) is 32.8 Å². The zero-order valence-corrected chi connectivity index (χ0v) is 15.2. The van der Waals surface area contributed by atoms with E-state index in [1.165, 1.54) is 12.4 Å². The highest BCUT2D eigenvalue weighted by atomic mass is 35.5. The Morgan fingerprint density at radius 3 is 3.00 bits per heavy atom. The zero-order valence-electron chi connectivity index (χ0n) is 14.5. The van der Waals surface area contributed by atoms with E-state index >= 15 is 0 Å². The van der Waals surface area contributed by atoms with Crippen molar-refractivity contribution in [3.8, 4) is 0 Å². The van der Waals surface area contributed by atoms with E-state index in [4.69, 9.17) is 16.3 Å². The Kier molecular flexibility index (Phi) is 4.92. The first-order valence-electron chi connectivity index (χ1n) is 9.08. The molecule has 4 rings (SSSR count). The molecule has 3 saturated heterocycles. The van der Waals surface area contributed by atoms with E-state index in [1.807, 2.05) is 0 Å². The highest BCUT2D eigenvalue weighted by Gasteiger charge is 2.63. The molecule has 4 atom stereocenters. The lowest BCUT2D eigenvalue weighted by atomic mass is 9.73. The van der Waals surface area contributed by atoms with E-state index in [2.05, 4.69) is 15.2 Å². The molecule has 0 unspecified atom stereocenters. The summed E-state index contributed by atoms with van der Waals surface area (Å²) in [7, 11) is 0. The number of aliphatic hydroxyl groups is 2. The van der Waals surface area contributed by atoms with Crippen molar-refractivity contribution in [3.05, 3.63) is 29.0 Å². The van der Waals surface area contributed by atoms with E-state index in [9.17, 15) is 15.0 Å². The molecule has 1 spiro atoms. The van der Waals surface area contributed by atoms with Crippen molar-refractivity contribution < 1.29 is 19.7 Å². The molecular formula is C18H24ClN3O4. The van der Waals surface area contributed by atoms with Gasteiger partial charge in [0.25, 0.3) is 5.91 Å². The summed E-state index contributed by atoms with van der Waals surface area (Å²) in [5, 5.41) is 22.4. The van der Waals surface area contributed by atoms with Gasteiger partial charge in [-0.05, 0) is 18.9 Å². The van der Waals surface area contributed by atoms with Crippen LogP contribution in [0.2, 0.25) is 5.02 Å². The van der Waals surface area contributed by atoms with Crippen LogP contribution in [0.5, 0.6) is 0 Å². The summed E-state index contributed by atoms with van der Waals surface area (Å²) in [5.74, 6) is 0.359. The number of aromatic nitrogens is 1. The zero-order chi connectivity index (χ0) is 18.3. The number of amides is 1. The lowest BCUT2D eigenvalue weighted by Gasteiger charge is -2.29. The Bertz CT molecular complexity index is 686. The van der Waals surface area contributed by atoms with Crippen LogP contribution in [0.3, 0.4) is 0 Å². The Morgan fingerprint density at radius 1 is 1.46 bits per heavy atom. The fraction of sp³-hybridized carbons (Fsp3) is 0.667. The minimum absolute atomic E-state index is 0.0636. The van der Waals surface area contributed by atoms with Gasteiger partial charge in [0.05, 0.1) is 41.5 Å². The molecule has 142 valence electrons. The summed E-state index contributed by atoms with van der Waals surface area (Å²) >= 11 is 5.90. The number of hydrogen-bond acceptors (Lipinski definition) is 6. The largest absolute Gasteiger partial charge is 0.395 e. The van der Waals surface area contributed by atoms with Gasteiger partial charge in [-0.15, -0.1) is 0 Å². The molecule has 0 radical (unpaired) electrons. The SMILES string of the molecule is O=C(NC[C@H]1[C@H]2CN(C(CO)CO)C[C@]23CC[C@H]1O3)c1cncc(Cl)c1. The number of likely N-dealkylation sites (tertiary alicyclic amines) is 1. The Labute approximate surface area is 157 Å². The summed E-state index contributed by atoms with van der Waals surface area (Å²) < 4.78 is 6.33. The third kappa shape index (κ3) is 3.01. The number of hydrogen-bond donors (Lipinski definition) is 3. The van der Waals surface area contributed by atoms with Crippen LogP contribution in [-0.2, 0) is 4.74 Å². The van der Waals surface area contributed by atoms with E-state index in [1.54, 1.807) is 6.07 Å². The first-order valence-corrected chi connectivity index (χ1v) is 9.46. The van der Waals surface area contributed by atoms with Crippen LogP contribution in [-0.4, -0.2) is 76.6 Å². The molecule has 0 aliphatic carbocycles. The fourth-order valence-electron chi connectivity index (χ4n) is 4.91. The lowest BCUT2D eigenvalue weighted by molar-refractivity contribution is -0.00834. The number of nitrogens with zero attached hydrogens (tertiary/aromatic N) is 2. The van der Waals surface area contributed by atoms with Gasteiger partial charge in [-0.3, -0.25) is 14.7 Å². The molecule has 8 heteroatoms. The van der Waals surface area contributed by atoms with Crippen LogP contribution in [0.25, 0.3) is 0 Å². The molecule has 3 aliphatic heterocycles. The van der Waals surface area contributed by atoms with Gasteiger partial charge in [0.2, 0.25) is 0 Å². The first kappa shape index (κ1) is 18.1. The summed E-state index contributed by atoms with van der Waals surface area (Å²) in [6, 6.07) is 1.36. The Balaban J connectivity index is 1.42. The predicted molar refractivity (Wildman–Crippen MR) is 94.9 cm³/mol. The van der Waals surface area contributed by atoms with Gasteiger partial charge in [0, 0.05) is 43.9 Å². The molecule has 1 aromatic heterocycles. The minimum atomic E-state index is -0.245. The minimum Gasteiger partial charge on any atom is -0.395 e. The number of fused-ring (bicyclic) bond motifs is 1. The summed E-state index contributed by atoms with van der Waals surface area (Å²) in [5.41, 5.74) is 0.255. The van der Waals surface area contributed by atoms with Crippen LogP contribution in [0, 0.1) is 11.8 Å². The molecule has 3 aliphatic rings. The number of carbonyl (C=O) groups is 1. The maximum Gasteiger partial charge on any atom is 0.252 e. The third-order valence-corrected chi connectivity index (χ3v) is 6.42. The fourth-order valence-corrected chi connectivity index (χ4v) is 5.09. The molecule has 1 aromatic rings. The van der Waals surface area contributed by atoms with Crippen molar-refractivity contribution in [3.63, 3.8) is 0 Å². The second-order valence-electron chi connectivity index (χ2n) is 7.58. The lowest BCUT2D eigenvalue weighted by Crippen LogP contribution is -2.42. The van der Waals surface area contributed by atoms with E-state index < -0.39 is 0 Å². The van der Waals surface area contributed by atoms with E-state index in [0.29, 0.717) is 23.0 Å². The van der Waals surface area contributed by atoms with E-state index in [0.717, 1.165) is 25.9 Å². The highest BCUT2D eigenvalue weighted by molar-refractivity contribution is 6.30. The monoisotopic (exact) mass is 381 g/mol. The maximum absolute atomic E-state index is 12.4. The van der Waals surface area contributed by atoms with Crippen molar-refractivity contribution >= 4 is 17.5 Å². The van der Waals surface area contributed by atoms with Crippen molar-refractivity contribution in [1.29, 1.82) is 0 Å². The quantitative estimate of drug-likeness (QED) is 0.656. The standard InChI is InChI=1S/C18H24ClN3O4/c19-12-3-11(4-20-5-12)17(25)21-6-14-15-7-22(13(8-23)9-24)10-18(15)2-1-16(14)26-18/h3-5,13-16,23-24H,1-2,6-10H2,(H,21,25)/t14-,15+,16+,18+/m0/s1. The molecular weight excluding hydrogens is 358 g/mol. The van der Waals surface area contributed by atoms with Gasteiger partial charge in [-0.25, -0.2) is 0 Å². The maximum atomic E-state index is 12.4. The van der Waals surface area contributed by atoms with Crippen LogP contribution in [0.4, 0.5) is 0 Å². The van der Waals surface area contributed by atoms with E-state index in [-0.39, 0.29) is 42.8 Å². The van der Waals surface area contributed by atoms with Gasteiger partial charge in [0.15, 0.2) is 0 Å². The highest BCUT2D eigenvalue weighted by Crippen LogP contribution is 2.54. The predicted octanol–water partition coefficient (Wildman–Crippen LogP) is 0.297. The number of aliphatic hydroxyl groups excluding tert-OH is 2. The molecule has 26 heavy (non-hydrogen) atoms.